The van der Waals surface area contributed by atoms with Crippen molar-refractivity contribution in [2.45, 2.75) is 64.3 Å². The maximum Gasteiger partial charge on any atom is 0.410 e. The summed E-state index contributed by atoms with van der Waals surface area (Å²) in [7, 11) is 0. The average Bonchev–Trinajstić information content (AvgIpc) is 2.61. The second kappa shape index (κ2) is 8.26. The Hall–Kier alpha value is -1.14. The summed E-state index contributed by atoms with van der Waals surface area (Å²) in [4.78, 5) is 16.2. The van der Waals surface area contributed by atoms with Crippen molar-refractivity contribution < 1.29 is 18.7 Å². The molecular formula is C20H33FN2O3. The Labute approximate surface area is 156 Å². The van der Waals surface area contributed by atoms with Crippen LogP contribution in [0.2, 0.25) is 0 Å². The maximum atomic E-state index is 14.8. The zero-order valence-electron chi connectivity index (χ0n) is 16.4. The highest BCUT2D eigenvalue weighted by molar-refractivity contribution is 5.68. The largest absolute Gasteiger partial charge is 0.444 e. The fraction of sp³-hybridized carbons (Fsp3) is 0.850. The molecule has 3 unspecified atom stereocenters. The molecular weight excluding hydrogens is 335 g/mol. The normalized spacial score (nSPS) is 31.5. The first kappa shape index (κ1) is 19.6. The number of ether oxygens (including phenoxy) is 2. The third-order valence-corrected chi connectivity index (χ3v) is 5.67. The predicted octanol–water partition coefficient (Wildman–Crippen LogP) is 3.39. The van der Waals surface area contributed by atoms with Gasteiger partial charge in [-0.1, -0.05) is 11.6 Å². The van der Waals surface area contributed by atoms with Crippen LogP contribution >= 0.6 is 0 Å². The van der Waals surface area contributed by atoms with Gasteiger partial charge in [-0.15, -0.1) is 0 Å². The summed E-state index contributed by atoms with van der Waals surface area (Å²) in [6.07, 6.45) is 4.50. The number of halogens is 1. The lowest BCUT2D eigenvalue weighted by atomic mass is 9.78. The molecule has 5 nitrogen and oxygen atoms in total. The average molecular weight is 368 g/mol. The highest BCUT2D eigenvalue weighted by atomic mass is 19.1. The highest BCUT2D eigenvalue weighted by Crippen LogP contribution is 2.36. The first-order valence-electron chi connectivity index (χ1n) is 9.96. The van der Waals surface area contributed by atoms with Gasteiger partial charge in [-0.25, -0.2) is 9.18 Å². The summed E-state index contributed by atoms with van der Waals surface area (Å²) in [6, 6.07) is 0.0533. The molecule has 0 radical (unpaired) electrons. The Morgan fingerprint density at radius 3 is 2.54 bits per heavy atom. The molecule has 1 saturated heterocycles. The van der Waals surface area contributed by atoms with Gasteiger partial charge < -0.3 is 14.4 Å². The van der Waals surface area contributed by atoms with Gasteiger partial charge in [-0.05, 0) is 52.4 Å². The molecule has 148 valence electrons. The van der Waals surface area contributed by atoms with Crippen molar-refractivity contribution in [2.75, 3.05) is 39.4 Å². The molecule has 1 amide bonds. The van der Waals surface area contributed by atoms with Gasteiger partial charge in [0.05, 0.1) is 13.2 Å². The first-order valence-corrected chi connectivity index (χ1v) is 9.96. The topological polar surface area (TPSA) is 42.0 Å². The third kappa shape index (κ3) is 4.97. The van der Waals surface area contributed by atoms with E-state index in [1.807, 2.05) is 20.8 Å². The second-order valence-electron chi connectivity index (χ2n) is 8.70. The van der Waals surface area contributed by atoms with Crippen LogP contribution in [0.1, 0.15) is 46.5 Å². The molecule has 26 heavy (non-hydrogen) atoms. The lowest BCUT2D eigenvalue weighted by Gasteiger charge is -2.42. The molecule has 0 N–H and O–H groups in total. The number of carbonyl (C=O) groups is 1. The number of carbonyl (C=O) groups excluding carboxylic acids is 1. The summed E-state index contributed by atoms with van der Waals surface area (Å²) in [5, 5.41) is 0. The number of hydrogen-bond donors (Lipinski definition) is 0. The lowest BCUT2D eigenvalue weighted by molar-refractivity contribution is -0.0191. The molecule has 0 aromatic rings. The molecule has 3 rings (SSSR count). The van der Waals surface area contributed by atoms with Crippen LogP contribution in [0.15, 0.2) is 11.6 Å². The van der Waals surface area contributed by atoms with Gasteiger partial charge in [0.1, 0.15) is 11.8 Å². The Bertz CT molecular complexity index is 526. The van der Waals surface area contributed by atoms with E-state index in [0.29, 0.717) is 25.4 Å². The minimum absolute atomic E-state index is 0.0533. The van der Waals surface area contributed by atoms with E-state index in [9.17, 15) is 9.18 Å². The number of alkyl halides is 1. The Morgan fingerprint density at radius 2 is 1.96 bits per heavy atom. The first-order chi connectivity index (χ1) is 12.3. The number of rotatable bonds is 2. The fourth-order valence-corrected chi connectivity index (χ4v) is 4.30. The molecule has 0 aromatic carbocycles. The van der Waals surface area contributed by atoms with Crippen molar-refractivity contribution in [3.05, 3.63) is 11.6 Å². The summed E-state index contributed by atoms with van der Waals surface area (Å²) < 4.78 is 25.7. The second-order valence-corrected chi connectivity index (χ2v) is 8.70. The standard InChI is InChI=1S/C20H33FN2O3/c1-20(2,3)26-19(24)23-8-6-15(7-9-23)16-4-5-18(17(21)14-16)22-10-12-25-13-11-22/h6,16-18H,4-5,7-14H2,1-3H3. The predicted molar refractivity (Wildman–Crippen MR) is 98.9 cm³/mol. The molecule has 2 fully saturated rings. The van der Waals surface area contributed by atoms with Crippen molar-refractivity contribution >= 4 is 6.09 Å². The van der Waals surface area contributed by atoms with Crippen molar-refractivity contribution in [1.29, 1.82) is 0 Å². The van der Waals surface area contributed by atoms with Gasteiger partial charge in [0, 0.05) is 32.2 Å². The Balaban J connectivity index is 1.51. The molecule has 0 bridgehead atoms. The zero-order valence-corrected chi connectivity index (χ0v) is 16.4. The van der Waals surface area contributed by atoms with Crippen LogP contribution in [-0.4, -0.2) is 73.1 Å². The lowest BCUT2D eigenvalue weighted by Crippen LogP contribution is -2.50. The van der Waals surface area contributed by atoms with E-state index in [1.54, 1.807) is 4.90 Å². The van der Waals surface area contributed by atoms with Crippen molar-refractivity contribution in [2.24, 2.45) is 5.92 Å². The van der Waals surface area contributed by atoms with Crippen molar-refractivity contribution in [1.82, 2.24) is 9.80 Å². The summed E-state index contributed by atoms with van der Waals surface area (Å²) >= 11 is 0. The molecule has 0 aromatic heterocycles. The van der Waals surface area contributed by atoms with Crippen molar-refractivity contribution in [3.63, 3.8) is 0 Å². The van der Waals surface area contributed by atoms with Crippen LogP contribution in [-0.2, 0) is 9.47 Å². The van der Waals surface area contributed by atoms with Crippen LogP contribution in [0.4, 0.5) is 9.18 Å². The highest BCUT2D eigenvalue weighted by Gasteiger charge is 2.36. The molecule has 0 spiro atoms. The van der Waals surface area contributed by atoms with E-state index in [4.69, 9.17) is 9.47 Å². The van der Waals surface area contributed by atoms with Gasteiger partial charge in [-0.3, -0.25) is 4.90 Å². The zero-order chi connectivity index (χ0) is 18.7. The van der Waals surface area contributed by atoms with Crippen LogP contribution in [0.3, 0.4) is 0 Å². The third-order valence-electron chi connectivity index (χ3n) is 5.67. The van der Waals surface area contributed by atoms with E-state index in [2.05, 4.69) is 11.0 Å². The number of nitrogens with zero attached hydrogens (tertiary/aromatic N) is 2. The number of hydrogen-bond acceptors (Lipinski definition) is 4. The quantitative estimate of drug-likeness (QED) is 0.701. The van der Waals surface area contributed by atoms with E-state index in [0.717, 1.165) is 45.6 Å². The van der Waals surface area contributed by atoms with E-state index in [1.165, 1.54) is 5.57 Å². The van der Waals surface area contributed by atoms with Gasteiger partial charge in [0.2, 0.25) is 0 Å². The van der Waals surface area contributed by atoms with Gasteiger partial charge in [0.25, 0.3) is 0 Å². The smallest absolute Gasteiger partial charge is 0.410 e. The molecule has 2 heterocycles. The van der Waals surface area contributed by atoms with Crippen molar-refractivity contribution in [3.8, 4) is 0 Å². The van der Waals surface area contributed by atoms with Crippen LogP contribution in [0.25, 0.3) is 0 Å². The van der Waals surface area contributed by atoms with Gasteiger partial charge >= 0.3 is 6.09 Å². The Morgan fingerprint density at radius 1 is 1.23 bits per heavy atom. The summed E-state index contributed by atoms with van der Waals surface area (Å²) in [5.74, 6) is 0.322. The Kier molecular flexibility index (Phi) is 6.23. The SMILES string of the molecule is CC(C)(C)OC(=O)N1CC=C(C2CCC(N3CCOCC3)C(F)C2)CC1. The fourth-order valence-electron chi connectivity index (χ4n) is 4.30. The maximum absolute atomic E-state index is 14.8. The molecule has 6 heteroatoms. The van der Waals surface area contributed by atoms with E-state index >= 15 is 0 Å². The molecule has 1 saturated carbocycles. The minimum Gasteiger partial charge on any atom is -0.444 e. The van der Waals surface area contributed by atoms with Crippen LogP contribution < -0.4 is 0 Å². The van der Waals surface area contributed by atoms with E-state index in [-0.39, 0.29) is 12.1 Å². The summed E-state index contributed by atoms with van der Waals surface area (Å²) in [5.41, 5.74) is 0.855. The van der Waals surface area contributed by atoms with Gasteiger partial charge in [0.15, 0.2) is 0 Å². The molecule has 2 aliphatic heterocycles. The molecule has 3 aliphatic rings. The van der Waals surface area contributed by atoms with Crippen LogP contribution in [0, 0.1) is 5.92 Å². The molecule has 1 aliphatic carbocycles. The minimum atomic E-state index is -0.767. The molecule has 3 atom stereocenters. The number of amides is 1. The van der Waals surface area contributed by atoms with Crippen LogP contribution in [0.5, 0.6) is 0 Å². The summed E-state index contributed by atoms with van der Waals surface area (Å²) in [6.45, 7) is 10.0. The monoisotopic (exact) mass is 368 g/mol. The number of morpholine rings is 1. The van der Waals surface area contributed by atoms with E-state index < -0.39 is 11.8 Å². The van der Waals surface area contributed by atoms with Gasteiger partial charge in [-0.2, -0.15) is 0 Å².